The van der Waals surface area contributed by atoms with Gasteiger partial charge in [-0.15, -0.1) is 0 Å². The molecule has 4 nitrogen and oxygen atoms in total. The Hall–Kier alpha value is -1.40. The van der Waals surface area contributed by atoms with E-state index in [9.17, 15) is 8.78 Å². The minimum atomic E-state index is -0.735. The van der Waals surface area contributed by atoms with Gasteiger partial charge in [-0.25, -0.2) is 13.8 Å². The summed E-state index contributed by atoms with van der Waals surface area (Å²) < 4.78 is 26.3. The number of hydrazine groups is 1. The van der Waals surface area contributed by atoms with E-state index in [4.69, 9.17) is 5.73 Å². The number of hydrogen-bond donors (Lipinski definition) is 2. The Bertz CT molecular complexity index is 403. The third-order valence-corrected chi connectivity index (χ3v) is 2.88. The molecule has 17 heavy (non-hydrogen) atoms. The summed E-state index contributed by atoms with van der Waals surface area (Å²) >= 11 is 0. The first-order valence-electron chi connectivity index (χ1n) is 5.51. The van der Waals surface area contributed by atoms with E-state index in [1.54, 1.807) is 0 Å². The van der Waals surface area contributed by atoms with Crippen molar-refractivity contribution in [2.24, 2.45) is 0 Å². The predicted molar refractivity (Wildman–Crippen MR) is 63.5 cm³/mol. The molecule has 1 aromatic carbocycles. The van der Waals surface area contributed by atoms with Crippen molar-refractivity contribution in [3.05, 3.63) is 23.8 Å². The first-order chi connectivity index (χ1) is 8.06. The SMILES string of the molecule is CN1CCN(Nc2cc(F)cc(F)c2N)CC1. The van der Waals surface area contributed by atoms with E-state index >= 15 is 0 Å². The molecule has 1 aliphatic heterocycles. The van der Waals surface area contributed by atoms with Crippen LogP contribution in [0.1, 0.15) is 0 Å². The van der Waals surface area contributed by atoms with Gasteiger partial charge in [-0.2, -0.15) is 0 Å². The van der Waals surface area contributed by atoms with E-state index in [1.165, 1.54) is 6.07 Å². The second kappa shape index (κ2) is 4.85. The molecule has 1 heterocycles. The average molecular weight is 242 g/mol. The van der Waals surface area contributed by atoms with Crippen molar-refractivity contribution in [2.45, 2.75) is 0 Å². The third kappa shape index (κ3) is 2.83. The van der Waals surface area contributed by atoms with Crippen LogP contribution in [0.15, 0.2) is 12.1 Å². The zero-order valence-electron chi connectivity index (χ0n) is 9.71. The molecule has 94 valence electrons. The summed E-state index contributed by atoms with van der Waals surface area (Å²) in [5.41, 5.74) is 8.74. The van der Waals surface area contributed by atoms with Crippen LogP contribution in [0.25, 0.3) is 0 Å². The van der Waals surface area contributed by atoms with Crippen LogP contribution in [-0.2, 0) is 0 Å². The molecule has 0 aliphatic carbocycles. The topological polar surface area (TPSA) is 44.5 Å². The molecule has 1 saturated heterocycles. The molecule has 0 bridgehead atoms. The average Bonchev–Trinajstić information content (AvgIpc) is 2.28. The number of nitrogens with one attached hydrogen (secondary N) is 1. The Balaban J connectivity index is 2.08. The van der Waals surface area contributed by atoms with Gasteiger partial charge in [0.15, 0.2) is 5.82 Å². The molecule has 0 spiro atoms. The Morgan fingerprint density at radius 1 is 1.18 bits per heavy atom. The Morgan fingerprint density at radius 3 is 2.47 bits per heavy atom. The molecule has 0 amide bonds. The highest BCUT2D eigenvalue weighted by Crippen LogP contribution is 2.24. The summed E-state index contributed by atoms with van der Waals surface area (Å²) in [6.45, 7) is 3.39. The maximum atomic E-state index is 13.2. The standard InChI is InChI=1S/C11H16F2N4/c1-16-2-4-17(5-3-16)15-10-7-8(12)6-9(13)11(10)14/h6-7,15H,2-5,14H2,1H3. The first-order valence-corrected chi connectivity index (χ1v) is 5.51. The van der Waals surface area contributed by atoms with E-state index < -0.39 is 11.6 Å². The van der Waals surface area contributed by atoms with Gasteiger partial charge in [0.05, 0.1) is 11.4 Å². The molecule has 1 aliphatic rings. The molecule has 0 atom stereocenters. The molecule has 3 N–H and O–H groups in total. The smallest absolute Gasteiger partial charge is 0.151 e. The number of rotatable bonds is 2. The lowest BCUT2D eigenvalue weighted by molar-refractivity contribution is 0.179. The number of halogens is 2. The van der Waals surface area contributed by atoms with Crippen LogP contribution in [0.5, 0.6) is 0 Å². The van der Waals surface area contributed by atoms with Crippen molar-refractivity contribution < 1.29 is 8.78 Å². The van der Waals surface area contributed by atoms with Gasteiger partial charge in [0.25, 0.3) is 0 Å². The highest BCUT2D eigenvalue weighted by Gasteiger charge is 2.16. The molecule has 1 aromatic rings. The Morgan fingerprint density at radius 2 is 1.82 bits per heavy atom. The molecule has 0 unspecified atom stereocenters. The number of anilines is 2. The van der Waals surface area contributed by atoms with Gasteiger partial charge in [-0.05, 0) is 7.05 Å². The highest BCUT2D eigenvalue weighted by molar-refractivity contribution is 5.66. The zero-order valence-corrected chi connectivity index (χ0v) is 9.71. The van der Waals surface area contributed by atoms with Crippen LogP contribution in [0.3, 0.4) is 0 Å². The van der Waals surface area contributed by atoms with Gasteiger partial charge < -0.3 is 16.1 Å². The quantitative estimate of drug-likeness (QED) is 0.763. The molecule has 1 fully saturated rings. The van der Waals surface area contributed by atoms with Gasteiger partial charge in [-0.3, -0.25) is 0 Å². The fourth-order valence-corrected chi connectivity index (χ4v) is 1.77. The third-order valence-electron chi connectivity index (χ3n) is 2.88. The number of nitrogens with two attached hydrogens (primary N) is 1. The lowest BCUT2D eigenvalue weighted by Crippen LogP contribution is -2.47. The maximum absolute atomic E-state index is 13.2. The molecule has 0 radical (unpaired) electrons. The van der Waals surface area contributed by atoms with E-state index in [0.717, 1.165) is 32.2 Å². The summed E-state index contributed by atoms with van der Waals surface area (Å²) in [4.78, 5) is 2.19. The van der Waals surface area contributed by atoms with Crippen molar-refractivity contribution >= 4 is 11.4 Å². The van der Waals surface area contributed by atoms with Crippen LogP contribution in [-0.4, -0.2) is 43.1 Å². The van der Waals surface area contributed by atoms with E-state index in [0.29, 0.717) is 0 Å². The van der Waals surface area contributed by atoms with Gasteiger partial charge in [0, 0.05) is 38.3 Å². The van der Waals surface area contributed by atoms with Crippen LogP contribution in [0.2, 0.25) is 0 Å². The number of nitrogen functional groups attached to an aromatic ring is 1. The van der Waals surface area contributed by atoms with E-state index in [1.807, 2.05) is 12.1 Å². The van der Waals surface area contributed by atoms with Crippen molar-refractivity contribution in [3.8, 4) is 0 Å². The van der Waals surface area contributed by atoms with Gasteiger partial charge in [0.2, 0.25) is 0 Å². The second-order valence-corrected chi connectivity index (χ2v) is 4.25. The van der Waals surface area contributed by atoms with Crippen LogP contribution in [0, 0.1) is 11.6 Å². The minimum absolute atomic E-state index is 0.0506. The summed E-state index contributed by atoms with van der Waals surface area (Å²) in [7, 11) is 2.04. The number of piperazine rings is 1. The van der Waals surface area contributed by atoms with Crippen molar-refractivity contribution in [3.63, 3.8) is 0 Å². The molecule has 6 heteroatoms. The van der Waals surface area contributed by atoms with Crippen molar-refractivity contribution in [2.75, 3.05) is 44.4 Å². The summed E-state index contributed by atoms with van der Waals surface area (Å²) in [6.07, 6.45) is 0. The molecule has 0 aromatic heterocycles. The molecular weight excluding hydrogens is 226 g/mol. The van der Waals surface area contributed by atoms with E-state index in [-0.39, 0.29) is 11.4 Å². The second-order valence-electron chi connectivity index (χ2n) is 4.25. The zero-order chi connectivity index (χ0) is 12.4. The van der Waals surface area contributed by atoms with Gasteiger partial charge in [0.1, 0.15) is 5.82 Å². The fourth-order valence-electron chi connectivity index (χ4n) is 1.77. The number of likely N-dealkylation sites (N-methyl/N-ethyl adjacent to an activating group) is 1. The lowest BCUT2D eigenvalue weighted by atomic mass is 10.2. The largest absolute Gasteiger partial charge is 0.395 e. The molecular formula is C11H16F2N4. The molecule has 0 saturated carbocycles. The van der Waals surface area contributed by atoms with Crippen LogP contribution in [0.4, 0.5) is 20.2 Å². The van der Waals surface area contributed by atoms with Gasteiger partial charge in [-0.1, -0.05) is 0 Å². The fraction of sp³-hybridized carbons (Fsp3) is 0.455. The summed E-state index contributed by atoms with van der Waals surface area (Å²) in [6, 6.07) is 1.99. The molecule has 2 rings (SSSR count). The number of hydrogen-bond acceptors (Lipinski definition) is 4. The van der Waals surface area contributed by atoms with Gasteiger partial charge >= 0.3 is 0 Å². The predicted octanol–water partition coefficient (Wildman–Crippen LogP) is 1.12. The minimum Gasteiger partial charge on any atom is -0.395 e. The summed E-state index contributed by atoms with van der Waals surface area (Å²) in [5.74, 6) is -1.37. The highest BCUT2D eigenvalue weighted by atomic mass is 19.1. The lowest BCUT2D eigenvalue weighted by Gasteiger charge is -2.33. The Kier molecular flexibility index (Phi) is 3.44. The summed E-state index contributed by atoms with van der Waals surface area (Å²) in [5, 5.41) is 1.91. The van der Waals surface area contributed by atoms with Crippen molar-refractivity contribution in [1.82, 2.24) is 9.91 Å². The van der Waals surface area contributed by atoms with E-state index in [2.05, 4.69) is 10.3 Å². The Labute approximate surface area is 99.0 Å². The van der Waals surface area contributed by atoms with Crippen LogP contribution < -0.4 is 11.2 Å². The first kappa shape index (κ1) is 12.1. The monoisotopic (exact) mass is 242 g/mol. The number of nitrogens with zero attached hydrogens (tertiary/aromatic N) is 2. The van der Waals surface area contributed by atoms with Crippen LogP contribution >= 0.6 is 0 Å². The number of benzene rings is 1. The normalized spacial score (nSPS) is 18.3. The maximum Gasteiger partial charge on any atom is 0.151 e. The van der Waals surface area contributed by atoms with Crippen molar-refractivity contribution in [1.29, 1.82) is 0 Å².